The summed E-state index contributed by atoms with van der Waals surface area (Å²) in [5.74, 6) is 1.31. The van der Waals surface area contributed by atoms with Gasteiger partial charge in [-0.15, -0.1) is 0 Å². The van der Waals surface area contributed by atoms with E-state index in [1.807, 2.05) is 0 Å². The molecule has 2 aromatic carbocycles. The molecule has 2 aromatic heterocycles. The predicted molar refractivity (Wildman–Crippen MR) is 121 cm³/mol. The first kappa shape index (κ1) is 18.8. The Balaban J connectivity index is 1.93. The van der Waals surface area contributed by atoms with Gasteiger partial charge in [0.25, 0.3) is 0 Å². The zero-order chi connectivity index (χ0) is 19.3. The summed E-state index contributed by atoms with van der Waals surface area (Å²) in [5.41, 5.74) is 3.39. The molecular formula is C25H31N3. The smallest absolute Gasteiger partial charge is 0.140 e. The number of rotatable bonds is 9. The lowest BCUT2D eigenvalue weighted by molar-refractivity contribution is 0.632. The van der Waals surface area contributed by atoms with Crippen molar-refractivity contribution in [3.8, 4) is 0 Å². The standard InChI is InChI=1S/C25H31N3/c1-3-5-11-17-27(18-12-6-4-2)25-21-14-8-9-15-22(21)26-24-19-20-13-7-10-16-23(20)28(24)25/h7-10,13-16,19H,3-6,11-12,17-18H2,1-2H3. The Labute approximate surface area is 168 Å². The zero-order valence-corrected chi connectivity index (χ0v) is 17.2. The van der Waals surface area contributed by atoms with E-state index in [1.54, 1.807) is 0 Å². The molecule has 0 amide bonds. The molecule has 0 aliphatic carbocycles. The molecule has 4 aromatic rings. The van der Waals surface area contributed by atoms with Crippen molar-refractivity contribution in [1.82, 2.24) is 9.38 Å². The Morgan fingerprint density at radius 3 is 2.25 bits per heavy atom. The molecule has 0 radical (unpaired) electrons. The molecular weight excluding hydrogens is 342 g/mol. The minimum absolute atomic E-state index is 1.05. The third kappa shape index (κ3) is 3.58. The van der Waals surface area contributed by atoms with Crippen molar-refractivity contribution < 1.29 is 0 Å². The van der Waals surface area contributed by atoms with Crippen LogP contribution in [-0.4, -0.2) is 22.5 Å². The van der Waals surface area contributed by atoms with Gasteiger partial charge in [-0.25, -0.2) is 4.98 Å². The minimum atomic E-state index is 1.05. The number of aromatic nitrogens is 2. The molecule has 3 nitrogen and oxygen atoms in total. The SMILES string of the molecule is CCCCCN(CCCCC)c1c2ccccc2nc2cc3ccccc3n12. The van der Waals surface area contributed by atoms with E-state index in [0.717, 1.165) is 24.3 Å². The van der Waals surface area contributed by atoms with Crippen LogP contribution in [0, 0.1) is 0 Å². The number of hydrogen-bond acceptors (Lipinski definition) is 2. The summed E-state index contributed by atoms with van der Waals surface area (Å²) in [6.45, 7) is 6.77. The fourth-order valence-corrected chi connectivity index (χ4v) is 4.19. The van der Waals surface area contributed by atoms with Crippen LogP contribution >= 0.6 is 0 Å². The monoisotopic (exact) mass is 373 g/mol. The molecule has 2 heterocycles. The van der Waals surface area contributed by atoms with Gasteiger partial charge < -0.3 is 4.90 Å². The van der Waals surface area contributed by atoms with Crippen molar-refractivity contribution >= 4 is 33.3 Å². The van der Waals surface area contributed by atoms with Gasteiger partial charge >= 0.3 is 0 Å². The van der Waals surface area contributed by atoms with Crippen molar-refractivity contribution in [3.63, 3.8) is 0 Å². The van der Waals surface area contributed by atoms with Crippen LogP contribution in [0.3, 0.4) is 0 Å². The quantitative estimate of drug-likeness (QED) is 0.300. The van der Waals surface area contributed by atoms with Crippen molar-refractivity contribution in [1.29, 1.82) is 0 Å². The summed E-state index contributed by atoms with van der Waals surface area (Å²) in [5, 5.41) is 2.51. The average molecular weight is 374 g/mol. The van der Waals surface area contributed by atoms with Gasteiger partial charge in [-0.2, -0.15) is 0 Å². The van der Waals surface area contributed by atoms with Crippen LogP contribution in [0.15, 0.2) is 54.6 Å². The second-order valence-corrected chi connectivity index (χ2v) is 7.75. The highest BCUT2D eigenvalue weighted by molar-refractivity contribution is 5.97. The van der Waals surface area contributed by atoms with E-state index in [2.05, 4.69) is 77.7 Å². The molecule has 4 rings (SSSR count). The number of benzene rings is 2. The largest absolute Gasteiger partial charge is 0.357 e. The number of unbranched alkanes of at least 4 members (excludes halogenated alkanes) is 4. The Bertz CT molecular complexity index is 1050. The summed E-state index contributed by atoms with van der Waals surface area (Å²) in [6, 6.07) is 19.5. The normalized spacial score (nSPS) is 11.6. The lowest BCUT2D eigenvalue weighted by Crippen LogP contribution is -2.28. The highest BCUT2D eigenvalue weighted by atomic mass is 15.2. The molecule has 0 saturated carbocycles. The van der Waals surface area contributed by atoms with Crippen molar-refractivity contribution in [2.24, 2.45) is 0 Å². The third-order valence-corrected chi connectivity index (χ3v) is 5.65. The van der Waals surface area contributed by atoms with Crippen LogP contribution in [0.25, 0.3) is 27.5 Å². The van der Waals surface area contributed by atoms with Crippen LogP contribution in [-0.2, 0) is 0 Å². The first-order valence-corrected chi connectivity index (χ1v) is 10.9. The van der Waals surface area contributed by atoms with Crippen LogP contribution in [0.2, 0.25) is 0 Å². The number of fused-ring (bicyclic) bond motifs is 4. The fourth-order valence-electron chi connectivity index (χ4n) is 4.19. The van der Waals surface area contributed by atoms with E-state index >= 15 is 0 Å². The topological polar surface area (TPSA) is 20.5 Å². The van der Waals surface area contributed by atoms with Crippen LogP contribution in [0.5, 0.6) is 0 Å². The van der Waals surface area contributed by atoms with Crippen LogP contribution in [0.4, 0.5) is 5.82 Å². The molecule has 0 fully saturated rings. The first-order chi connectivity index (χ1) is 13.8. The van der Waals surface area contributed by atoms with Crippen molar-refractivity contribution in [3.05, 3.63) is 54.6 Å². The summed E-state index contributed by atoms with van der Waals surface area (Å²) in [7, 11) is 0. The molecule has 0 spiro atoms. The highest BCUT2D eigenvalue weighted by Crippen LogP contribution is 2.32. The van der Waals surface area contributed by atoms with Crippen molar-refractivity contribution in [2.45, 2.75) is 52.4 Å². The van der Waals surface area contributed by atoms with Gasteiger partial charge in [0.1, 0.15) is 11.5 Å². The third-order valence-electron chi connectivity index (χ3n) is 5.65. The summed E-state index contributed by atoms with van der Waals surface area (Å²) >= 11 is 0. The van der Waals surface area contributed by atoms with E-state index in [1.165, 1.54) is 60.6 Å². The molecule has 0 aliphatic heterocycles. The van der Waals surface area contributed by atoms with Gasteiger partial charge in [-0.1, -0.05) is 69.9 Å². The fraction of sp³-hybridized carbons (Fsp3) is 0.400. The molecule has 0 aliphatic rings. The van der Waals surface area contributed by atoms with E-state index in [4.69, 9.17) is 4.98 Å². The van der Waals surface area contributed by atoms with Gasteiger partial charge in [0.2, 0.25) is 0 Å². The second kappa shape index (κ2) is 8.64. The summed E-state index contributed by atoms with van der Waals surface area (Å²) in [6.07, 6.45) is 7.54. The zero-order valence-electron chi connectivity index (χ0n) is 17.2. The van der Waals surface area contributed by atoms with E-state index in [9.17, 15) is 0 Å². The minimum Gasteiger partial charge on any atom is -0.357 e. The van der Waals surface area contributed by atoms with E-state index < -0.39 is 0 Å². The van der Waals surface area contributed by atoms with Crippen molar-refractivity contribution in [2.75, 3.05) is 18.0 Å². The maximum atomic E-state index is 4.99. The Morgan fingerprint density at radius 1 is 0.821 bits per heavy atom. The van der Waals surface area contributed by atoms with Gasteiger partial charge in [0.15, 0.2) is 0 Å². The number of para-hydroxylation sites is 2. The molecule has 0 bridgehead atoms. The number of anilines is 1. The molecule has 0 atom stereocenters. The maximum absolute atomic E-state index is 4.99. The van der Waals surface area contributed by atoms with Gasteiger partial charge in [0.05, 0.1) is 11.0 Å². The molecule has 146 valence electrons. The number of hydrogen-bond donors (Lipinski definition) is 0. The average Bonchev–Trinajstić information content (AvgIpc) is 3.09. The van der Waals surface area contributed by atoms with Crippen LogP contribution < -0.4 is 4.90 Å². The Hall–Kier alpha value is -2.55. The summed E-state index contributed by atoms with van der Waals surface area (Å²) < 4.78 is 2.38. The maximum Gasteiger partial charge on any atom is 0.140 e. The second-order valence-electron chi connectivity index (χ2n) is 7.75. The molecule has 0 saturated heterocycles. The number of nitrogens with zero attached hydrogens (tertiary/aromatic N) is 3. The van der Waals surface area contributed by atoms with E-state index in [0.29, 0.717) is 0 Å². The Morgan fingerprint density at radius 2 is 1.50 bits per heavy atom. The molecule has 3 heteroatoms. The van der Waals surface area contributed by atoms with Crippen LogP contribution in [0.1, 0.15) is 52.4 Å². The summed E-state index contributed by atoms with van der Waals surface area (Å²) in [4.78, 5) is 7.61. The predicted octanol–water partition coefficient (Wildman–Crippen LogP) is 6.83. The Kier molecular flexibility index (Phi) is 5.80. The molecule has 0 N–H and O–H groups in total. The van der Waals surface area contributed by atoms with Gasteiger partial charge in [-0.05, 0) is 37.1 Å². The highest BCUT2D eigenvalue weighted by Gasteiger charge is 2.17. The van der Waals surface area contributed by atoms with Gasteiger partial charge in [0, 0.05) is 23.9 Å². The lowest BCUT2D eigenvalue weighted by Gasteiger charge is -2.27. The van der Waals surface area contributed by atoms with E-state index in [-0.39, 0.29) is 0 Å². The lowest BCUT2D eigenvalue weighted by atomic mass is 10.1. The first-order valence-electron chi connectivity index (χ1n) is 10.9. The molecule has 28 heavy (non-hydrogen) atoms. The molecule has 0 unspecified atom stereocenters. The van der Waals surface area contributed by atoms with Gasteiger partial charge in [-0.3, -0.25) is 4.40 Å².